The van der Waals surface area contributed by atoms with Gasteiger partial charge in [-0.15, -0.1) is 11.3 Å². The largest absolute Gasteiger partial charge is 0.478 e. The molecule has 2 rings (SSSR count). The van der Waals surface area contributed by atoms with Crippen LogP contribution < -0.4 is 4.72 Å². The fourth-order valence-corrected chi connectivity index (χ4v) is 3.49. The van der Waals surface area contributed by atoms with Crippen molar-refractivity contribution >= 4 is 32.5 Å². The Kier molecular flexibility index (Phi) is 4.05. The van der Waals surface area contributed by atoms with E-state index in [9.17, 15) is 13.2 Å². The van der Waals surface area contributed by atoms with Gasteiger partial charge in [0, 0.05) is 11.6 Å². The van der Waals surface area contributed by atoms with Crippen LogP contribution in [0.2, 0.25) is 0 Å². The number of nitrogens with zero attached hydrogens (tertiary/aromatic N) is 1. The van der Waals surface area contributed by atoms with E-state index in [0.29, 0.717) is 12.0 Å². The number of thiazole rings is 1. The molecule has 0 saturated heterocycles. The van der Waals surface area contributed by atoms with E-state index in [1.807, 2.05) is 6.92 Å². The van der Waals surface area contributed by atoms with Gasteiger partial charge >= 0.3 is 5.97 Å². The van der Waals surface area contributed by atoms with Gasteiger partial charge in [-0.1, -0.05) is 13.0 Å². The number of nitrogens with one attached hydrogen (secondary N) is 1. The summed E-state index contributed by atoms with van der Waals surface area (Å²) in [7, 11) is -3.83. The molecular formula is C12H12N2O4S2. The number of carboxylic acid groups (broad SMARTS) is 1. The number of hydrogen-bond acceptors (Lipinski definition) is 5. The van der Waals surface area contributed by atoms with Crippen molar-refractivity contribution in [3.05, 3.63) is 40.9 Å². The highest BCUT2D eigenvalue weighted by Crippen LogP contribution is 2.21. The highest BCUT2D eigenvalue weighted by atomic mass is 32.2. The zero-order valence-electron chi connectivity index (χ0n) is 10.5. The lowest BCUT2D eigenvalue weighted by molar-refractivity contribution is 0.0695. The molecule has 1 heterocycles. The number of anilines is 1. The van der Waals surface area contributed by atoms with Crippen molar-refractivity contribution in [1.29, 1.82) is 0 Å². The Bertz CT molecular complexity index is 724. The predicted octanol–water partition coefficient (Wildman–Crippen LogP) is 2.20. The van der Waals surface area contributed by atoms with E-state index < -0.39 is 16.0 Å². The second kappa shape index (κ2) is 5.59. The molecule has 0 aliphatic carbocycles. The SMILES string of the molecule is CCc1ccc(S(=O)(=O)Nc2nccs2)cc1C(=O)O. The van der Waals surface area contributed by atoms with Gasteiger partial charge in [0.2, 0.25) is 0 Å². The summed E-state index contributed by atoms with van der Waals surface area (Å²) in [6.45, 7) is 1.81. The topological polar surface area (TPSA) is 96.4 Å². The summed E-state index contributed by atoms with van der Waals surface area (Å²) in [4.78, 5) is 14.9. The smallest absolute Gasteiger partial charge is 0.336 e. The minimum absolute atomic E-state index is 0.00508. The molecule has 0 aliphatic rings. The molecule has 0 radical (unpaired) electrons. The number of hydrogen-bond donors (Lipinski definition) is 2. The maximum absolute atomic E-state index is 12.1. The van der Waals surface area contributed by atoms with E-state index in [0.717, 1.165) is 17.4 Å². The van der Waals surface area contributed by atoms with Gasteiger partial charge in [0.15, 0.2) is 5.13 Å². The van der Waals surface area contributed by atoms with Gasteiger partial charge in [-0.3, -0.25) is 4.72 Å². The van der Waals surface area contributed by atoms with Gasteiger partial charge in [0.25, 0.3) is 10.0 Å². The zero-order valence-corrected chi connectivity index (χ0v) is 12.2. The van der Waals surface area contributed by atoms with Crippen LogP contribution in [-0.4, -0.2) is 24.5 Å². The Labute approximate surface area is 120 Å². The summed E-state index contributed by atoms with van der Waals surface area (Å²) in [5.74, 6) is -1.15. The van der Waals surface area contributed by atoms with Crippen molar-refractivity contribution in [1.82, 2.24) is 4.98 Å². The van der Waals surface area contributed by atoms with E-state index in [1.165, 1.54) is 18.3 Å². The molecule has 0 fully saturated rings. The summed E-state index contributed by atoms with van der Waals surface area (Å²) >= 11 is 1.14. The first-order valence-electron chi connectivity index (χ1n) is 5.72. The van der Waals surface area contributed by atoms with Crippen LogP contribution in [0.25, 0.3) is 0 Å². The minimum atomic E-state index is -3.83. The Hall–Kier alpha value is -1.93. The normalized spacial score (nSPS) is 11.2. The van der Waals surface area contributed by atoms with E-state index in [1.54, 1.807) is 5.38 Å². The second-order valence-electron chi connectivity index (χ2n) is 3.92. The number of benzene rings is 1. The van der Waals surface area contributed by atoms with Gasteiger partial charge in [-0.25, -0.2) is 18.2 Å². The first-order valence-corrected chi connectivity index (χ1v) is 8.09. The average molecular weight is 312 g/mol. The molecule has 106 valence electrons. The molecule has 0 saturated carbocycles. The molecular weight excluding hydrogens is 300 g/mol. The highest BCUT2D eigenvalue weighted by molar-refractivity contribution is 7.93. The summed E-state index contributed by atoms with van der Waals surface area (Å²) in [6.07, 6.45) is 1.99. The quantitative estimate of drug-likeness (QED) is 0.882. The zero-order chi connectivity index (χ0) is 14.8. The van der Waals surface area contributed by atoms with Crippen LogP contribution in [0.5, 0.6) is 0 Å². The number of aryl methyl sites for hydroxylation is 1. The van der Waals surface area contributed by atoms with E-state index in [2.05, 4.69) is 9.71 Å². The second-order valence-corrected chi connectivity index (χ2v) is 6.50. The molecule has 1 aromatic heterocycles. The molecule has 6 nitrogen and oxygen atoms in total. The third-order valence-corrected chi connectivity index (χ3v) is 4.81. The number of rotatable bonds is 5. The molecule has 2 aromatic rings. The number of carbonyl (C=O) groups is 1. The molecule has 0 spiro atoms. The molecule has 2 N–H and O–H groups in total. The van der Waals surface area contributed by atoms with Crippen LogP contribution in [0.4, 0.5) is 5.13 Å². The summed E-state index contributed by atoms with van der Waals surface area (Å²) in [5.41, 5.74) is 0.584. The minimum Gasteiger partial charge on any atom is -0.478 e. The third kappa shape index (κ3) is 2.97. The standard InChI is InChI=1S/C12H12N2O4S2/c1-2-8-3-4-9(7-10(8)11(15)16)20(17,18)14-12-13-5-6-19-12/h3-7H,2H2,1H3,(H,13,14)(H,15,16). The third-order valence-electron chi connectivity index (χ3n) is 2.66. The highest BCUT2D eigenvalue weighted by Gasteiger charge is 2.19. The van der Waals surface area contributed by atoms with Crippen molar-refractivity contribution in [3.63, 3.8) is 0 Å². The van der Waals surface area contributed by atoms with Crippen molar-refractivity contribution in [2.45, 2.75) is 18.2 Å². The molecule has 0 atom stereocenters. The number of sulfonamides is 1. The van der Waals surface area contributed by atoms with Gasteiger partial charge < -0.3 is 5.11 Å². The predicted molar refractivity (Wildman–Crippen MR) is 75.7 cm³/mol. The van der Waals surface area contributed by atoms with E-state index in [4.69, 9.17) is 5.11 Å². The molecule has 0 unspecified atom stereocenters. The van der Waals surface area contributed by atoms with Crippen LogP contribution in [-0.2, 0) is 16.4 Å². The van der Waals surface area contributed by atoms with Gasteiger partial charge in [0.05, 0.1) is 10.5 Å². The van der Waals surface area contributed by atoms with Crippen LogP contribution in [0.1, 0.15) is 22.8 Å². The summed E-state index contributed by atoms with van der Waals surface area (Å²) in [6, 6.07) is 4.07. The molecule has 20 heavy (non-hydrogen) atoms. The molecule has 0 aliphatic heterocycles. The van der Waals surface area contributed by atoms with E-state index in [-0.39, 0.29) is 15.6 Å². The maximum atomic E-state index is 12.1. The van der Waals surface area contributed by atoms with Gasteiger partial charge in [-0.05, 0) is 24.1 Å². The first-order chi connectivity index (χ1) is 9.44. The molecule has 0 bridgehead atoms. The van der Waals surface area contributed by atoms with Crippen LogP contribution in [0.3, 0.4) is 0 Å². The molecule has 0 amide bonds. The van der Waals surface area contributed by atoms with Crippen molar-refractivity contribution in [2.75, 3.05) is 4.72 Å². The van der Waals surface area contributed by atoms with Crippen LogP contribution >= 0.6 is 11.3 Å². The maximum Gasteiger partial charge on any atom is 0.336 e. The Morgan fingerprint density at radius 2 is 2.20 bits per heavy atom. The van der Waals surface area contributed by atoms with Gasteiger partial charge in [0.1, 0.15) is 0 Å². The Balaban J connectivity index is 2.42. The number of aromatic carboxylic acids is 1. The van der Waals surface area contributed by atoms with Crippen molar-refractivity contribution < 1.29 is 18.3 Å². The summed E-state index contributed by atoms with van der Waals surface area (Å²) < 4.78 is 26.6. The monoisotopic (exact) mass is 312 g/mol. The van der Waals surface area contributed by atoms with Crippen molar-refractivity contribution in [2.24, 2.45) is 0 Å². The lowest BCUT2D eigenvalue weighted by Crippen LogP contribution is -2.14. The van der Waals surface area contributed by atoms with E-state index >= 15 is 0 Å². The van der Waals surface area contributed by atoms with Crippen molar-refractivity contribution in [3.8, 4) is 0 Å². The molecule has 1 aromatic carbocycles. The lowest BCUT2D eigenvalue weighted by Gasteiger charge is -2.08. The Morgan fingerprint density at radius 3 is 2.75 bits per heavy atom. The number of carboxylic acids is 1. The first kappa shape index (κ1) is 14.5. The lowest BCUT2D eigenvalue weighted by atomic mass is 10.1. The summed E-state index contributed by atoms with van der Waals surface area (Å²) in [5, 5.41) is 11.0. The Morgan fingerprint density at radius 1 is 1.45 bits per heavy atom. The molecule has 8 heteroatoms. The fourth-order valence-electron chi connectivity index (χ4n) is 1.68. The van der Waals surface area contributed by atoms with Crippen LogP contribution in [0, 0.1) is 0 Å². The number of aromatic nitrogens is 1. The van der Waals surface area contributed by atoms with Crippen LogP contribution in [0.15, 0.2) is 34.7 Å². The average Bonchev–Trinajstić information content (AvgIpc) is 2.89. The van der Waals surface area contributed by atoms with Gasteiger partial charge in [-0.2, -0.15) is 0 Å². The fraction of sp³-hybridized carbons (Fsp3) is 0.167.